The Morgan fingerprint density at radius 3 is 2.64 bits per heavy atom. The summed E-state index contributed by atoms with van der Waals surface area (Å²) in [6.45, 7) is 0.808. The third-order valence-electron chi connectivity index (χ3n) is 3.19. The first-order chi connectivity index (χ1) is 10.7. The van der Waals surface area contributed by atoms with E-state index in [9.17, 15) is 9.30 Å². The van der Waals surface area contributed by atoms with Gasteiger partial charge in [-0.2, -0.15) is 4.91 Å². The van der Waals surface area contributed by atoms with Crippen molar-refractivity contribution in [2.45, 2.75) is 19.3 Å². The SMILES string of the molecule is O=NCCCCOc1ccc(Cc2cccc(F)c2)cc1Cl. The lowest BCUT2D eigenvalue weighted by Crippen LogP contribution is -1.99. The second kappa shape index (κ2) is 8.49. The van der Waals surface area contributed by atoms with Crippen LogP contribution in [-0.4, -0.2) is 13.2 Å². The molecule has 3 nitrogen and oxygen atoms in total. The molecule has 5 heteroatoms. The van der Waals surface area contributed by atoms with E-state index >= 15 is 0 Å². The summed E-state index contributed by atoms with van der Waals surface area (Å²) in [5.74, 6) is 0.372. The maximum atomic E-state index is 13.2. The van der Waals surface area contributed by atoms with Crippen LogP contribution in [0.15, 0.2) is 47.6 Å². The summed E-state index contributed by atoms with van der Waals surface area (Å²) < 4.78 is 18.7. The quantitative estimate of drug-likeness (QED) is 0.507. The molecule has 0 spiro atoms. The van der Waals surface area contributed by atoms with Crippen molar-refractivity contribution in [3.63, 3.8) is 0 Å². The molecule has 0 unspecified atom stereocenters. The summed E-state index contributed by atoms with van der Waals surface area (Å²) in [4.78, 5) is 9.97. The third-order valence-corrected chi connectivity index (χ3v) is 3.49. The van der Waals surface area contributed by atoms with Gasteiger partial charge in [0, 0.05) is 0 Å². The molecule has 0 fully saturated rings. The summed E-state index contributed by atoms with van der Waals surface area (Å²) in [5.41, 5.74) is 1.89. The minimum absolute atomic E-state index is 0.242. The fraction of sp³-hybridized carbons (Fsp3) is 0.294. The van der Waals surface area contributed by atoms with Gasteiger partial charge in [0.15, 0.2) is 0 Å². The highest BCUT2D eigenvalue weighted by Gasteiger charge is 2.05. The zero-order valence-corrected chi connectivity index (χ0v) is 12.9. The molecular weight excluding hydrogens is 305 g/mol. The zero-order valence-electron chi connectivity index (χ0n) is 12.1. The number of rotatable bonds is 8. The van der Waals surface area contributed by atoms with Crippen molar-refractivity contribution in [2.75, 3.05) is 13.2 Å². The van der Waals surface area contributed by atoms with Gasteiger partial charge in [-0.1, -0.05) is 35.0 Å². The van der Waals surface area contributed by atoms with Crippen molar-refractivity contribution < 1.29 is 9.13 Å². The lowest BCUT2D eigenvalue weighted by atomic mass is 10.0. The second-order valence-corrected chi connectivity index (χ2v) is 5.39. The first-order valence-electron chi connectivity index (χ1n) is 7.14. The van der Waals surface area contributed by atoms with Crippen LogP contribution in [0.3, 0.4) is 0 Å². The normalized spacial score (nSPS) is 10.5. The van der Waals surface area contributed by atoms with E-state index in [1.807, 2.05) is 24.3 Å². The Labute approximate surface area is 134 Å². The fourth-order valence-corrected chi connectivity index (χ4v) is 2.37. The Bertz CT molecular complexity index is 634. The van der Waals surface area contributed by atoms with Gasteiger partial charge in [-0.25, -0.2) is 4.39 Å². The van der Waals surface area contributed by atoms with E-state index in [1.54, 1.807) is 6.07 Å². The Kier molecular flexibility index (Phi) is 6.34. The van der Waals surface area contributed by atoms with Gasteiger partial charge in [-0.15, -0.1) is 0 Å². The van der Waals surface area contributed by atoms with Gasteiger partial charge in [0.2, 0.25) is 0 Å². The molecule has 0 N–H and O–H groups in total. The highest BCUT2D eigenvalue weighted by molar-refractivity contribution is 6.32. The van der Waals surface area contributed by atoms with Crippen molar-refractivity contribution in [3.8, 4) is 5.75 Å². The maximum Gasteiger partial charge on any atom is 0.137 e. The first kappa shape index (κ1) is 16.4. The van der Waals surface area contributed by atoms with Crippen LogP contribution in [0, 0.1) is 10.7 Å². The van der Waals surface area contributed by atoms with Crippen LogP contribution >= 0.6 is 11.6 Å². The fourth-order valence-electron chi connectivity index (χ4n) is 2.11. The molecule has 2 rings (SSSR count). The van der Waals surface area contributed by atoms with Crippen molar-refractivity contribution >= 4 is 11.6 Å². The molecule has 0 saturated heterocycles. The topological polar surface area (TPSA) is 38.7 Å². The molecule has 2 aromatic carbocycles. The molecule has 0 atom stereocenters. The number of ether oxygens (including phenoxy) is 1. The molecule has 0 saturated carbocycles. The van der Waals surface area contributed by atoms with E-state index < -0.39 is 0 Å². The van der Waals surface area contributed by atoms with Gasteiger partial charge in [-0.05, 0) is 54.7 Å². The number of nitrogens with zero attached hydrogens (tertiary/aromatic N) is 1. The van der Waals surface area contributed by atoms with E-state index in [-0.39, 0.29) is 5.82 Å². The molecule has 116 valence electrons. The number of benzene rings is 2. The van der Waals surface area contributed by atoms with E-state index in [0.717, 1.165) is 17.5 Å². The summed E-state index contributed by atoms with van der Waals surface area (Å²) in [7, 11) is 0. The highest BCUT2D eigenvalue weighted by Crippen LogP contribution is 2.26. The van der Waals surface area contributed by atoms with Gasteiger partial charge in [-0.3, -0.25) is 0 Å². The molecule has 22 heavy (non-hydrogen) atoms. The number of nitroso groups, excluding NO2 is 1. The lowest BCUT2D eigenvalue weighted by molar-refractivity contribution is 0.308. The predicted octanol–water partition coefficient (Wildman–Crippen LogP) is 5.00. The Morgan fingerprint density at radius 1 is 1.09 bits per heavy atom. The van der Waals surface area contributed by atoms with Gasteiger partial charge in [0.05, 0.1) is 18.2 Å². The molecule has 0 aromatic heterocycles. The molecule has 0 radical (unpaired) electrons. The van der Waals surface area contributed by atoms with E-state index in [2.05, 4.69) is 5.18 Å². The van der Waals surface area contributed by atoms with Crippen LogP contribution in [0.4, 0.5) is 4.39 Å². The van der Waals surface area contributed by atoms with E-state index in [4.69, 9.17) is 16.3 Å². The number of hydrogen-bond donors (Lipinski definition) is 0. The molecule has 0 heterocycles. The third kappa shape index (κ3) is 5.11. The molecule has 2 aromatic rings. The van der Waals surface area contributed by atoms with Crippen molar-refractivity contribution in [1.29, 1.82) is 0 Å². The first-order valence-corrected chi connectivity index (χ1v) is 7.51. The van der Waals surface area contributed by atoms with Crippen molar-refractivity contribution in [1.82, 2.24) is 0 Å². The lowest BCUT2D eigenvalue weighted by Gasteiger charge is -2.09. The predicted molar refractivity (Wildman–Crippen MR) is 86.0 cm³/mol. The van der Waals surface area contributed by atoms with Crippen LogP contribution in [0.1, 0.15) is 24.0 Å². The maximum absolute atomic E-state index is 13.2. The van der Waals surface area contributed by atoms with E-state index in [0.29, 0.717) is 36.8 Å². The largest absolute Gasteiger partial charge is 0.492 e. The molecular formula is C17H17ClFNO2. The van der Waals surface area contributed by atoms with Gasteiger partial charge >= 0.3 is 0 Å². The number of halogens is 2. The standard InChI is InChI=1S/C17H17ClFNO2/c18-16-12-14(10-13-4-3-5-15(19)11-13)6-7-17(16)22-9-2-1-8-20-21/h3-7,11-12H,1-2,8-10H2. The molecule has 0 aliphatic rings. The summed E-state index contributed by atoms with van der Waals surface area (Å²) >= 11 is 6.20. The molecule has 0 aliphatic carbocycles. The summed E-state index contributed by atoms with van der Waals surface area (Å²) in [6, 6.07) is 12.1. The molecule has 0 amide bonds. The number of hydrogen-bond acceptors (Lipinski definition) is 3. The molecule has 0 bridgehead atoms. The van der Waals surface area contributed by atoms with Crippen LogP contribution in [0.2, 0.25) is 5.02 Å². The summed E-state index contributed by atoms with van der Waals surface area (Å²) in [6.07, 6.45) is 2.08. The van der Waals surface area contributed by atoms with E-state index in [1.165, 1.54) is 12.1 Å². The van der Waals surface area contributed by atoms with Gasteiger partial charge < -0.3 is 4.74 Å². The Balaban J connectivity index is 1.93. The second-order valence-electron chi connectivity index (χ2n) is 4.98. The van der Waals surface area contributed by atoms with Crippen molar-refractivity contribution in [2.24, 2.45) is 5.18 Å². The van der Waals surface area contributed by atoms with Crippen molar-refractivity contribution in [3.05, 3.63) is 69.3 Å². The average molecular weight is 322 g/mol. The Hall–Kier alpha value is -1.94. The highest BCUT2D eigenvalue weighted by atomic mass is 35.5. The van der Waals surface area contributed by atoms with Crippen LogP contribution in [0.5, 0.6) is 5.75 Å². The minimum Gasteiger partial charge on any atom is -0.492 e. The van der Waals surface area contributed by atoms with Crippen LogP contribution < -0.4 is 4.74 Å². The van der Waals surface area contributed by atoms with Crippen LogP contribution in [-0.2, 0) is 6.42 Å². The van der Waals surface area contributed by atoms with Gasteiger partial charge in [0.25, 0.3) is 0 Å². The molecule has 0 aliphatic heterocycles. The number of unbranched alkanes of at least 4 members (excludes halogenated alkanes) is 1. The van der Waals surface area contributed by atoms with Gasteiger partial charge in [0.1, 0.15) is 11.6 Å². The zero-order chi connectivity index (χ0) is 15.8. The minimum atomic E-state index is -0.242. The monoisotopic (exact) mass is 321 g/mol. The van der Waals surface area contributed by atoms with Crippen LogP contribution in [0.25, 0.3) is 0 Å². The Morgan fingerprint density at radius 2 is 1.91 bits per heavy atom. The summed E-state index contributed by atoms with van der Waals surface area (Å²) in [5, 5.41) is 3.33. The average Bonchev–Trinajstić information content (AvgIpc) is 2.49. The smallest absolute Gasteiger partial charge is 0.137 e.